The van der Waals surface area contributed by atoms with E-state index in [-0.39, 0.29) is 17.9 Å². The van der Waals surface area contributed by atoms with Crippen molar-refractivity contribution in [3.8, 4) is 0 Å². The SMILES string of the molecule is CC(C)C(Cl)COC(=O)O. The topological polar surface area (TPSA) is 46.5 Å². The summed E-state index contributed by atoms with van der Waals surface area (Å²) in [6.45, 7) is 3.88. The zero-order valence-electron chi connectivity index (χ0n) is 6.00. The Kier molecular flexibility index (Phi) is 4.19. The van der Waals surface area contributed by atoms with E-state index in [0.29, 0.717) is 0 Å². The van der Waals surface area contributed by atoms with E-state index in [1.165, 1.54) is 0 Å². The molecule has 0 aliphatic heterocycles. The van der Waals surface area contributed by atoms with E-state index in [1.54, 1.807) is 0 Å². The molecule has 1 atom stereocenters. The van der Waals surface area contributed by atoms with Gasteiger partial charge in [0.1, 0.15) is 6.61 Å². The maximum atomic E-state index is 9.85. The molecule has 0 aromatic heterocycles. The molecule has 0 rings (SSSR count). The molecule has 0 radical (unpaired) electrons. The van der Waals surface area contributed by atoms with Gasteiger partial charge in [-0.15, -0.1) is 11.6 Å². The highest BCUT2D eigenvalue weighted by atomic mass is 35.5. The molecule has 0 aromatic carbocycles. The first-order chi connectivity index (χ1) is 4.54. The summed E-state index contributed by atoms with van der Waals surface area (Å²) in [5.41, 5.74) is 0. The quantitative estimate of drug-likeness (QED) is 0.515. The molecule has 0 aliphatic rings. The van der Waals surface area contributed by atoms with E-state index in [2.05, 4.69) is 4.74 Å². The normalized spacial score (nSPS) is 13.2. The van der Waals surface area contributed by atoms with Crippen molar-refractivity contribution in [3.05, 3.63) is 0 Å². The maximum Gasteiger partial charge on any atom is 0.505 e. The maximum absolute atomic E-state index is 9.85. The van der Waals surface area contributed by atoms with Crippen molar-refractivity contribution in [2.75, 3.05) is 6.61 Å². The minimum Gasteiger partial charge on any atom is -0.450 e. The van der Waals surface area contributed by atoms with E-state index in [1.807, 2.05) is 13.8 Å². The van der Waals surface area contributed by atoms with Crippen molar-refractivity contribution in [3.63, 3.8) is 0 Å². The standard InChI is InChI=1S/C6H11ClO3/c1-4(2)5(7)3-10-6(8)9/h4-5H,3H2,1-2H3,(H,8,9). The van der Waals surface area contributed by atoms with E-state index in [4.69, 9.17) is 16.7 Å². The second kappa shape index (κ2) is 4.39. The third kappa shape index (κ3) is 4.44. The lowest BCUT2D eigenvalue weighted by Crippen LogP contribution is -2.17. The third-order valence-corrected chi connectivity index (χ3v) is 1.72. The summed E-state index contributed by atoms with van der Waals surface area (Å²) in [7, 11) is 0. The van der Waals surface area contributed by atoms with Crippen molar-refractivity contribution in [1.29, 1.82) is 0 Å². The Hall–Kier alpha value is -0.440. The Morgan fingerprint density at radius 3 is 2.50 bits per heavy atom. The second-order valence-electron chi connectivity index (χ2n) is 2.34. The van der Waals surface area contributed by atoms with Crippen LogP contribution in [0.5, 0.6) is 0 Å². The van der Waals surface area contributed by atoms with E-state index < -0.39 is 6.16 Å². The van der Waals surface area contributed by atoms with Gasteiger partial charge in [0.05, 0.1) is 5.38 Å². The molecule has 0 fully saturated rings. The second-order valence-corrected chi connectivity index (χ2v) is 2.90. The van der Waals surface area contributed by atoms with Crippen molar-refractivity contribution in [1.82, 2.24) is 0 Å². The molecular formula is C6H11ClO3. The zero-order valence-corrected chi connectivity index (χ0v) is 6.76. The molecular weight excluding hydrogens is 156 g/mol. The van der Waals surface area contributed by atoms with Gasteiger partial charge in [-0.25, -0.2) is 4.79 Å². The Morgan fingerprint density at radius 2 is 2.20 bits per heavy atom. The fourth-order valence-electron chi connectivity index (χ4n) is 0.343. The van der Waals surface area contributed by atoms with Crippen LogP contribution in [0.2, 0.25) is 0 Å². The van der Waals surface area contributed by atoms with Crippen LogP contribution in [0.3, 0.4) is 0 Å². The predicted molar refractivity (Wildman–Crippen MR) is 38.5 cm³/mol. The monoisotopic (exact) mass is 166 g/mol. The van der Waals surface area contributed by atoms with Crippen LogP contribution in [0.1, 0.15) is 13.8 Å². The van der Waals surface area contributed by atoms with Crippen LogP contribution in [0.25, 0.3) is 0 Å². The number of rotatable bonds is 3. The Morgan fingerprint density at radius 1 is 1.70 bits per heavy atom. The first kappa shape index (κ1) is 9.56. The number of carboxylic acid groups (broad SMARTS) is 1. The van der Waals surface area contributed by atoms with E-state index in [9.17, 15) is 4.79 Å². The molecule has 10 heavy (non-hydrogen) atoms. The number of carbonyl (C=O) groups is 1. The smallest absolute Gasteiger partial charge is 0.450 e. The van der Waals surface area contributed by atoms with Crippen LogP contribution in [0.15, 0.2) is 0 Å². The molecule has 0 bridgehead atoms. The van der Waals surface area contributed by atoms with Crippen LogP contribution in [-0.4, -0.2) is 23.2 Å². The largest absolute Gasteiger partial charge is 0.505 e. The molecule has 1 unspecified atom stereocenters. The van der Waals surface area contributed by atoms with Gasteiger partial charge in [0.15, 0.2) is 0 Å². The number of halogens is 1. The lowest BCUT2D eigenvalue weighted by atomic mass is 10.1. The van der Waals surface area contributed by atoms with E-state index in [0.717, 1.165) is 0 Å². The van der Waals surface area contributed by atoms with Gasteiger partial charge >= 0.3 is 6.16 Å². The number of ether oxygens (including phenoxy) is 1. The number of hydrogen-bond donors (Lipinski definition) is 1. The summed E-state index contributed by atoms with van der Waals surface area (Å²) in [5.74, 6) is 0.237. The summed E-state index contributed by atoms with van der Waals surface area (Å²) in [6, 6.07) is 0. The molecule has 0 aromatic rings. The third-order valence-electron chi connectivity index (χ3n) is 1.09. The molecule has 0 saturated heterocycles. The molecule has 0 spiro atoms. The molecule has 4 heteroatoms. The summed E-state index contributed by atoms with van der Waals surface area (Å²) in [6.07, 6.45) is -1.27. The van der Waals surface area contributed by atoms with Crippen LogP contribution in [-0.2, 0) is 4.74 Å². The summed E-state index contributed by atoms with van der Waals surface area (Å²) < 4.78 is 4.25. The summed E-state index contributed by atoms with van der Waals surface area (Å²) >= 11 is 5.67. The van der Waals surface area contributed by atoms with Gasteiger partial charge in [0.25, 0.3) is 0 Å². The van der Waals surface area contributed by atoms with Gasteiger partial charge < -0.3 is 9.84 Å². The Labute approximate surface area is 64.9 Å². The fourth-order valence-corrected chi connectivity index (χ4v) is 0.406. The van der Waals surface area contributed by atoms with Crippen molar-refractivity contribution < 1.29 is 14.6 Å². The Balaban J connectivity index is 3.39. The minimum atomic E-state index is -1.27. The van der Waals surface area contributed by atoms with Gasteiger partial charge in [-0.1, -0.05) is 13.8 Å². The molecule has 60 valence electrons. The fraction of sp³-hybridized carbons (Fsp3) is 0.833. The first-order valence-electron chi connectivity index (χ1n) is 3.04. The lowest BCUT2D eigenvalue weighted by Gasteiger charge is -2.10. The van der Waals surface area contributed by atoms with Gasteiger partial charge in [0.2, 0.25) is 0 Å². The van der Waals surface area contributed by atoms with Crippen LogP contribution in [0, 0.1) is 5.92 Å². The van der Waals surface area contributed by atoms with Crippen LogP contribution in [0.4, 0.5) is 4.79 Å². The number of hydrogen-bond acceptors (Lipinski definition) is 2. The highest BCUT2D eigenvalue weighted by Crippen LogP contribution is 2.09. The molecule has 0 aliphatic carbocycles. The molecule has 3 nitrogen and oxygen atoms in total. The average Bonchev–Trinajstić information content (AvgIpc) is 1.82. The molecule has 0 amide bonds. The van der Waals surface area contributed by atoms with Crippen molar-refractivity contribution >= 4 is 17.8 Å². The van der Waals surface area contributed by atoms with Crippen LogP contribution < -0.4 is 0 Å². The summed E-state index contributed by atoms with van der Waals surface area (Å²) in [5, 5.41) is 7.84. The molecule has 1 N–H and O–H groups in total. The van der Waals surface area contributed by atoms with Gasteiger partial charge in [-0.2, -0.15) is 0 Å². The average molecular weight is 167 g/mol. The van der Waals surface area contributed by atoms with Gasteiger partial charge in [0, 0.05) is 0 Å². The lowest BCUT2D eigenvalue weighted by molar-refractivity contribution is 0.0886. The number of alkyl halides is 1. The Bertz CT molecular complexity index is 114. The van der Waals surface area contributed by atoms with Crippen molar-refractivity contribution in [2.24, 2.45) is 5.92 Å². The minimum absolute atomic E-state index is 0.0640. The predicted octanol–water partition coefficient (Wildman–Crippen LogP) is 1.94. The van der Waals surface area contributed by atoms with Crippen LogP contribution >= 0.6 is 11.6 Å². The zero-order chi connectivity index (χ0) is 8.15. The summed E-state index contributed by atoms with van der Waals surface area (Å²) in [4.78, 5) is 9.85. The van der Waals surface area contributed by atoms with E-state index >= 15 is 0 Å². The van der Waals surface area contributed by atoms with Crippen molar-refractivity contribution in [2.45, 2.75) is 19.2 Å². The molecule has 0 saturated carbocycles. The van der Waals surface area contributed by atoms with Gasteiger partial charge in [-0.05, 0) is 5.92 Å². The molecule has 0 heterocycles. The first-order valence-corrected chi connectivity index (χ1v) is 3.47. The highest BCUT2D eigenvalue weighted by Gasteiger charge is 2.11. The highest BCUT2D eigenvalue weighted by molar-refractivity contribution is 6.20. The van der Waals surface area contributed by atoms with Gasteiger partial charge in [-0.3, -0.25) is 0 Å².